The van der Waals surface area contributed by atoms with E-state index in [1.807, 2.05) is 0 Å². The highest BCUT2D eigenvalue weighted by Gasteiger charge is 2.27. The van der Waals surface area contributed by atoms with E-state index in [0.29, 0.717) is 22.7 Å². The van der Waals surface area contributed by atoms with E-state index in [2.05, 4.69) is 15.3 Å². The first-order valence-electron chi connectivity index (χ1n) is 5.79. The van der Waals surface area contributed by atoms with E-state index >= 15 is 0 Å². The van der Waals surface area contributed by atoms with Gasteiger partial charge < -0.3 is 5.32 Å². The largest absolute Gasteiger partial charge is 0.389 e. The van der Waals surface area contributed by atoms with E-state index in [9.17, 15) is 13.2 Å². The highest BCUT2D eigenvalue weighted by molar-refractivity contribution is 6.29. The lowest BCUT2D eigenvalue weighted by Crippen LogP contribution is -2.12. The molecule has 1 aliphatic rings. The number of halogens is 4. The van der Waals surface area contributed by atoms with Crippen molar-refractivity contribution in [3.63, 3.8) is 0 Å². The predicted octanol–water partition coefficient (Wildman–Crippen LogP) is 3.76. The zero-order valence-electron chi connectivity index (χ0n) is 9.60. The van der Waals surface area contributed by atoms with Crippen LogP contribution >= 0.6 is 11.6 Å². The van der Waals surface area contributed by atoms with Crippen molar-refractivity contribution >= 4 is 17.4 Å². The molecule has 100 valence electrons. The van der Waals surface area contributed by atoms with Crippen molar-refractivity contribution in [2.75, 3.05) is 11.9 Å². The summed E-state index contributed by atoms with van der Waals surface area (Å²) in [6, 6.07) is 1.53. The second kappa shape index (κ2) is 5.30. The molecule has 0 radical (unpaired) electrons. The molecule has 1 heterocycles. The molecule has 0 spiro atoms. The van der Waals surface area contributed by atoms with Crippen LogP contribution in [0.3, 0.4) is 0 Å². The van der Waals surface area contributed by atoms with Gasteiger partial charge in [0.1, 0.15) is 16.8 Å². The normalized spacial score (nSPS) is 15.8. The first-order valence-corrected chi connectivity index (χ1v) is 6.17. The van der Waals surface area contributed by atoms with Crippen molar-refractivity contribution in [1.82, 2.24) is 9.97 Å². The third-order valence-electron chi connectivity index (χ3n) is 2.60. The summed E-state index contributed by atoms with van der Waals surface area (Å²) in [5, 5.41) is 3.17. The number of alkyl halides is 3. The molecule has 1 aromatic rings. The predicted molar refractivity (Wildman–Crippen MR) is 62.8 cm³/mol. The van der Waals surface area contributed by atoms with Gasteiger partial charge in [-0.15, -0.1) is 0 Å². The number of nitrogens with zero attached hydrogens (tertiary/aromatic N) is 2. The highest BCUT2D eigenvalue weighted by Crippen LogP contribution is 2.38. The Kier molecular flexibility index (Phi) is 3.94. The number of anilines is 1. The number of nitrogens with one attached hydrogen (secondary N) is 1. The monoisotopic (exact) mass is 279 g/mol. The average Bonchev–Trinajstić information content (AvgIpc) is 3.06. The average molecular weight is 280 g/mol. The van der Waals surface area contributed by atoms with E-state index in [-0.39, 0.29) is 13.0 Å². The molecule has 1 fully saturated rings. The van der Waals surface area contributed by atoms with Gasteiger partial charge in [-0.3, -0.25) is 0 Å². The number of aromatic nitrogens is 2. The van der Waals surface area contributed by atoms with E-state index in [1.165, 1.54) is 6.07 Å². The smallest absolute Gasteiger partial charge is 0.370 e. The minimum Gasteiger partial charge on any atom is -0.370 e. The Bertz CT molecular complexity index is 418. The number of hydrogen-bond acceptors (Lipinski definition) is 3. The Morgan fingerprint density at radius 3 is 2.67 bits per heavy atom. The molecular weight excluding hydrogens is 267 g/mol. The molecule has 1 aromatic heterocycles. The van der Waals surface area contributed by atoms with Crippen molar-refractivity contribution in [3.05, 3.63) is 17.0 Å². The van der Waals surface area contributed by atoms with Crippen LogP contribution in [0.15, 0.2) is 6.07 Å². The first kappa shape index (κ1) is 13.4. The number of hydrogen-bond donors (Lipinski definition) is 1. The quantitative estimate of drug-likeness (QED) is 0.659. The van der Waals surface area contributed by atoms with Crippen LogP contribution in [0.4, 0.5) is 19.0 Å². The van der Waals surface area contributed by atoms with Crippen molar-refractivity contribution in [2.24, 2.45) is 0 Å². The molecule has 0 aliphatic heterocycles. The molecule has 1 N–H and O–H groups in total. The maximum atomic E-state index is 11.9. The molecule has 0 bridgehead atoms. The summed E-state index contributed by atoms with van der Waals surface area (Å²) in [4.78, 5) is 8.34. The van der Waals surface area contributed by atoms with Crippen LogP contribution in [0.25, 0.3) is 0 Å². The molecule has 1 saturated carbocycles. The second-order valence-electron chi connectivity index (χ2n) is 4.35. The zero-order chi connectivity index (χ0) is 13.2. The molecule has 0 amide bonds. The van der Waals surface area contributed by atoms with Crippen LogP contribution < -0.4 is 5.32 Å². The summed E-state index contributed by atoms with van der Waals surface area (Å²) in [6.07, 6.45) is -2.79. The van der Waals surface area contributed by atoms with Crippen LogP contribution in [0.2, 0.25) is 5.15 Å². The van der Waals surface area contributed by atoms with Crippen molar-refractivity contribution in [3.8, 4) is 0 Å². The van der Waals surface area contributed by atoms with Gasteiger partial charge in [-0.2, -0.15) is 13.2 Å². The van der Waals surface area contributed by atoms with Gasteiger partial charge in [-0.25, -0.2) is 9.97 Å². The Morgan fingerprint density at radius 1 is 1.33 bits per heavy atom. The fourth-order valence-corrected chi connectivity index (χ4v) is 1.75. The van der Waals surface area contributed by atoms with Crippen LogP contribution in [-0.4, -0.2) is 22.7 Å². The summed E-state index contributed by atoms with van der Waals surface area (Å²) in [5.41, 5.74) is 0. The number of rotatable bonds is 5. The fourth-order valence-electron chi connectivity index (χ4n) is 1.56. The van der Waals surface area contributed by atoms with Gasteiger partial charge in [-0.05, 0) is 19.3 Å². The molecule has 7 heteroatoms. The van der Waals surface area contributed by atoms with Gasteiger partial charge in [-0.1, -0.05) is 11.6 Å². The van der Waals surface area contributed by atoms with Gasteiger partial charge in [0.2, 0.25) is 0 Å². The van der Waals surface area contributed by atoms with Gasteiger partial charge in [0.25, 0.3) is 0 Å². The van der Waals surface area contributed by atoms with Crippen molar-refractivity contribution in [1.29, 1.82) is 0 Å². The summed E-state index contributed by atoms with van der Waals surface area (Å²) in [7, 11) is 0. The van der Waals surface area contributed by atoms with E-state index in [0.717, 1.165) is 12.8 Å². The Morgan fingerprint density at radius 2 is 2.06 bits per heavy atom. The maximum Gasteiger partial charge on any atom is 0.389 e. The molecule has 0 saturated heterocycles. The summed E-state index contributed by atoms with van der Waals surface area (Å²) < 4.78 is 35.8. The van der Waals surface area contributed by atoms with Crippen molar-refractivity contribution in [2.45, 2.75) is 37.8 Å². The minimum absolute atomic E-state index is 0.0177. The molecular formula is C11H13ClF3N3. The third-order valence-corrected chi connectivity index (χ3v) is 2.79. The molecule has 0 unspecified atom stereocenters. The molecule has 2 rings (SSSR count). The highest BCUT2D eigenvalue weighted by atomic mass is 35.5. The van der Waals surface area contributed by atoms with Gasteiger partial charge in [0, 0.05) is 24.9 Å². The van der Waals surface area contributed by atoms with Crippen LogP contribution in [0.5, 0.6) is 0 Å². The summed E-state index contributed by atoms with van der Waals surface area (Å²) in [5.74, 6) is 1.54. The molecule has 1 aliphatic carbocycles. The lowest BCUT2D eigenvalue weighted by atomic mass is 10.3. The van der Waals surface area contributed by atoms with Crippen molar-refractivity contribution < 1.29 is 13.2 Å². The summed E-state index contributed by atoms with van der Waals surface area (Å²) in [6.45, 7) is 0.219. The minimum atomic E-state index is -4.11. The van der Waals surface area contributed by atoms with E-state index in [1.54, 1.807) is 0 Å². The standard InChI is InChI=1S/C11H13ClF3N3/c12-8-6-9(16-5-1-4-11(13,14)15)18-10(17-8)7-2-3-7/h6-7H,1-5H2,(H,16,17,18). The first-order chi connectivity index (χ1) is 8.44. The second-order valence-corrected chi connectivity index (χ2v) is 4.74. The maximum absolute atomic E-state index is 11.9. The van der Waals surface area contributed by atoms with Crippen LogP contribution in [-0.2, 0) is 0 Å². The van der Waals surface area contributed by atoms with Gasteiger partial charge in [0.15, 0.2) is 0 Å². The summed E-state index contributed by atoms with van der Waals surface area (Å²) >= 11 is 5.84. The lowest BCUT2D eigenvalue weighted by Gasteiger charge is -2.09. The Balaban J connectivity index is 1.85. The SMILES string of the molecule is FC(F)(F)CCCNc1cc(Cl)nc(C2CC2)n1. The zero-order valence-corrected chi connectivity index (χ0v) is 10.4. The van der Waals surface area contributed by atoms with E-state index < -0.39 is 12.6 Å². The van der Waals surface area contributed by atoms with Gasteiger partial charge in [0.05, 0.1) is 0 Å². The van der Waals surface area contributed by atoms with Crippen LogP contribution in [0.1, 0.15) is 37.4 Å². The lowest BCUT2D eigenvalue weighted by molar-refractivity contribution is -0.134. The topological polar surface area (TPSA) is 37.8 Å². The van der Waals surface area contributed by atoms with Crippen LogP contribution in [0, 0.1) is 0 Å². The fraction of sp³-hybridized carbons (Fsp3) is 0.636. The molecule has 3 nitrogen and oxygen atoms in total. The molecule has 0 aromatic carbocycles. The van der Waals surface area contributed by atoms with E-state index in [4.69, 9.17) is 11.6 Å². The third kappa shape index (κ3) is 4.33. The Hall–Kier alpha value is -1.04. The Labute approximate surface area is 108 Å². The molecule has 18 heavy (non-hydrogen) atoms. The van der Waals surface area contributed by atoms with Gasteiger partial charge >= 0.3 is 6.18 Å². The molecule has 0 atom stereocenters.